The molecule has 2 rings (SSSR count). The summed E-state index contributed by atoms with van der Waals surface area (Å²) in [6.07, 6.45) is 7.80. The minimum absolute atomic E-state index is 0.127. The van der Waals surface area contributed by atoms with E-state index in [1.807, 2.05) is 6.07 Å². The van der Waals surface area contributed by atoms with Crippen LogP contribution < -0.4 is 16.2 Å². The van der Waals surface area contributed by atoms with Gasteiger partial charge >= 0.3 is 0 Å². The lowest BCUT2D eigenvalue weighted by atomic mass is 9.75. The van der Waals surface area contributed by atoms with Crippen LogP contribution in [-0.4, -0.2) is 18.1 Å². The molecule has 4 nitrogen and oxygen atoms in total. The number of rotatable bonds is 4. The largest absolute Gasteiger partial charge is 0.476 e. The number of hydrogen-bond donors (Lipinski definition) is 2. The minimum atomic E-state index is 0.127. The molecule has 0 bridgehead atoms. The molecule has 1 fully saturated rings. The highest BCUT2D eigenvalue weighted by molar-refractivity contribution is 5.46. The number of nitrogen functional groups attached to an aromatic ring is 1. The highest BCUT2D eigenvalue weighted by atomic mass is 16.5. The maximum Gasteiger partial charge on any atom is 0.237 e. The van der Waals surface area contributed by atoms with Crippen LogP contribution in [0.25, 0.3) is 0 Å². The molecule has 17 heavy (non-hydrogen) atoms. The quantitative estimate of drug-likeness (QED) is 0.836. The molecule has 0 aliphatic heterocycles. The van der Waals surface area contributed by atoms with Gasteiger partial charge in [0, 0.05) is 18.2 Å². The summed E-state index contributed by atoms with van der Waals surface area (Å²) in [5, 5.41) is 0. The van der Waals surface area contributed by atoms with Gasteiger partial charge in [-0.2, -0.15) is 0 Å². The summed E-state index contributed by atoms with van der Waals surface area (Å²) in [6, 6.07) is 3.61. The Labute approximate surface area is 102 Å². The van der Waals surface area contributed by atoms with Gasteiger partial charge < -0.3 is 16.2 Å². The van der Waals surface area contributed by atoms with Crippen molar-refractivity contribution in [2.75, 3.05) is 18.9 Å². The first-order valence-electron chi connectivity index (χ1n) is 6.29. The molecule has 1 aliphatic rings. The third-order valence-electron chi connectivity index (χ3n) is 3.66. The van der Waals surface area contributed by atoms with Crippen LogP contribution in [0.5, 0.6) is 5.88 Å². The highest BCUT2D eigenvalue weighted by Crippen LogP contribution is 2.36. The van der Waals surface area contributed by atoms with E-state index in [0.29, 0.717) is 24.7 Å². The topological polar surface area (TPSA) is 74.2 Å². The van der Waals surface area contributed by atoms with Crippen LogP contribution in [0.3, 0.4) is 0 Å². The van der Waals surface area contributed by atoms with Crippen LogP contribution in [0.15, 0.2) is 18.3 Å². The number of aromatic nitrogens is 1. The van der Waals surface area contributed by atoms with E-state index in [1.165, 1.54) is 19.3 Å². The van der Waals surface area contributed by atoms with Crippen molar-refractivity contribution >= 4 is 5.69 Å². The van der Waals surface area contributed by atoms with Crippen molar-refractivity contribution in [3.63, 3.8) is 0 Å². The number of hydrogen-bond acceptors (Lipinski definition) is 4. The van der Waals surface area contributed by atoms with E-state index in [-0.39, 0.29) is 5.41 Å². The molecular formula is C13H21N3O. The molecule has 0 spiro atoms. The molecule has 0 radical (unpaired) electrons. The Balaban J connectivity index is 1.98. The molecule has 4 N–H and O–H groups in total. The number of ether oxygens (including phenoxy) is 1. The zero-order chi connectivity index (χ0) is 12.1. The second-order valence-corrected chi connectivity index (χ2v) is 4.95. The van der Waals surface area contributed by atoms with Crippen molar-refractivity contribution < 1.29 is 4.74 Å². The lowest BCUT2D eigenvalue weighted by molar-refractivity contribution is 0.103. The number of nitrogens with zero attached hydrogens (tertiary/aromatic N) is 1. The second-order valence-electron chi connectivity index (χ2n) is 4.95. The zero-order valence-electron chi connectivity index (χ0n) is 10.2. The van der Waals surface area contributed by atoms with Crippen molar-refractivity contribution in [1.82, 2.24) is 4.98 Å². The molecule has 94 valence electrons. The van der Waals surface area contributed by atoms with Gasteiger partial charge in [0.25, 0.3) is 0 Å². The van der Waals surface area contributed by atoms with E-state index in [4.69, 9.17) is 16.2 Å². The van der Waals surface area contributed by atoms with Crippen LogP contribution in [0.4, 0.5) is 5.69 Å². The SMILES string of the molecule is NCC1(COc2ncccc2N)CCCCC1. The van der Waals surface area contributed by atoms with Crippen molar-refractivity contribution in [3.05, 3.63) is 18.3 Å². The lowest BCUT2D eigenvalue weighted by Crippen LogP contribution is -2.38. The molecule has 1 aromatic heterocycles. The predicted octanol–water partition coefficient (Wildman–Crippen LogP) is 1.95. The molecule has 4 heteroatoms. The summed E-state index contributed by atoms with van der Waals surface area (Å²) in [5.41, 5.74) is 12.4. The number of anilines is 1. The first-order chi connectivity index (χ1) is 8.26. The Morgan fingerprint density at radius 3 is 2.71 bits per heavy atom. The molecule has 0 saturated heterocycles. The van der Waals surface area contributed by atoms with Gasteiger partial charge in [-0.3, -0.25) is 0 Å². The molecule has 0 atom stereocenters. The van der Waals surface area contributed by atoms with Gasteiger partial charge in [0.1, 0.15) is 0 Å². The standard InChI is InChI=1S/C13H21N3O/c14-9-13(6-2-1-3-7-13)10-17-12-11(15)5-4-8-16-12/h4-5,8H,1-3,6-7,9-10,14-15H2. The summed E-state index contributed by atoms with van der Waals surface area (Å²) >= 11 is 0. The van der Waals surface area contributed by atoms with E-state index in [0.717, 1.165) is 12.8 Å². The van der Waals surface area contributed by atoms with Crippen LogP contribution in [0.1, 0.15) is 32.1 Å². The van der Waals surface area contributed by atoms with Gasteiger partial charge in [-0.05, 0) is 25.0 Å². The van der Waals surface area contributed by atoms with Gasteiger partial charge in [-0.25, -0.2) is 4.98 Å². The zero-order valence-corrected chi connectivity index (χ0v) is 10.2. The average Bonchev–Trinajstić information content (AvgIpc) is 2.39. The molecule has 1 aromatic rings. The lowest BCUT2D eigenvalue weighted by Gasteiger charge is -2.35. The summed E-state index contributed by atoms with van der Waals surface area (Å²) in [5.74, 6) is 0.533. The van der Waals surface area contributed by atoms with Gasteiger partial charge in [-0.15, -0.1) is 0 Å². The van der Waals surface area contributed by atoms with E-state index in [1.54, 1.807) is 12.3 Å². The van der Waals surface area contributed by atoms with Gasteiger partial charge in [0.15, 0.2) is 0 Å². The van der Waals surface area contributed by atoms with Gasteiger partial charge in [-0.1, -0.05) is 19.3 Å². The smallest absolute Gasteiger partial charge is 0.237 e. The van der Waals surface area contributed by atoms with Crippen molar-refractivity contribution in [3.8, 4) is 5.88 Å². The molecule has 0 unspecified atom stereocenters. The predicted molar refractivity (Wildman–Crippen MR) is 68.7 cm³/mol. The van der Waals surface area contributed by atoms with Crippen LogP contribution in [-0.2, 0) is 0 Å². The fourth-order valence-electron chi connectivity index (χ4n) is 2.45. The molecule has 0 amide bonds. The number of nitrogens with two attached hydrogens (primary N) is 2. The summed E-state index contributed by atoms with van der Waals surface area (Å²) in [6.45, 7) is 1.31. The Kier molecular flexibility index (Phi) is 3.84. The maximum atomic E-state index is 5.91. The third-order valence-corrected chi connectivity index (χ3v) is 3.66. The Morgan fingerprint density at radius 2 is 2.06 bits per heavy atom. The Hall–Kier alpha value is -1.29. The Morgan fingerprint density at radius 1 is 1.29 bits per heavy atom. The summed E-state index contributed by atoms with van der Waals surface area (Å²) < 4.78 is 5.75. The second kappa shape index (κ2) is 5.36. The van der Waals surface area contributed by atoms with Crippen molar-refractivity contribution in [2.24, 2.45) is 11.1 Å². The fourth-order valence-corrected chi connectivity index (χ4v) is 2.45. The third kappa shape index (κ3) is 2.88. The van der Waals surface area contributed by atoms with Crippen molar-refractivity contribution in [2.45, 2.75) is 32.1 Å². The molecule has 1 saturated carbocycles. The monoisotopic (exact) mass is 235 g/mol. The molecule has 1 aliphatic carbocycles. The maximum absolute atomic E-state index is 5.91. The average molecular weight is 235 g/mol. The van der Waals surface area contributed by atoms with Gasteiger partial charge in [0.2, 0.25) is 5.88 Å². The first kappa shape index (κ1) is 12.2. The molecule has 0 aromatic carbocycles. The first-order valence-corrected chi connectivity index (χ1v) is 6.29. The van der Waals surface area contributed by atoms with Crippen LogP contribution in [0.2, 0.25) is 0 Å². The van der Waals surface area contributed by atoms with E-state index in [2.05, 4.69) is 4.98 Å². The Bertz CT molecular complexity index is 361. The van der Waals surface area contributed by atoms with Crippen LogP contribution in [0, 0.1) is 5.41 Å². The van der Waals surface area contributed by atoms with E-state index in [9.17, 15) is 0 Å². The summed E-state index contributed by atoms with van der Waals surface area (Å²) in [4.78, 5) is 4.14. The van der Waals surface area contributed by atoms with E-state index >= 15 is 0 Å². The van der Waals surface area contributed by atoms with E-state index < -0.39 is 0 Å². The minimum Gasteiger partial charge on any atom is -0.476 e. The fraction of sp³-hybridized carbons (Fsp3) is 0.615. The van der Waals surface area contributed by atoms with Crippen molar-refractivity contribution in [1.29, 1.82) is 0 Å². The molecule has 1 heterocycles. The normalized spacial score (nSPS) is 18.9. The molecular weight excluding hydrogens is 214 g/mol. The number of pyridine rings is 1. The summed E-state index contributed by atoms with van der Waals surface area (Å²) in [7, 11) is 0. The van der Waals surface area contributed by atoms with Crippen LogP contribution >= 0.6 is 0 Å². The van der Waals surface area contributed by atoms with Gasteiger partial charge in [0.05, 0.1) is 12.3 Å². The highest BCUT2D eigenvalue weighted by Gasteiger charge is 2.31.